The van der Waals surface area contributed by atoms with Gasteiger partial charge in [0, 0.05) is 15.9 Å². The lowest BCUT2D eigenvalue weighted by molar-refractivity contribution is 0.471. The number of alkyl halides is 1. The van der Waals surface area contributed by atoms with Crippen molar-refractivity contribution in [3.63, 3.8) is 0 Å². The molecule has 0 N–H and O–H groups in total. The molecule has 0 radical (unpaired) electrons. The summed E-state index contributed by atoms with van der Waals surface area (Å²) >= 11 is 9.62. The van der Waals surface area contributed by atoms with Crippen molar-refractivity contribution in [3.8, 4) is 11.5 Å². The highest BCUT2D eigenvalue weighted by Gasteiger charge is 2.12. The van der Waals surface area contributed by atoms with Gasteiger partial charge < -0.3 is 4.74 Å². The van der Waals surface area contributed by atoms with Gasteiger partial charge in [0.15, 0.2) is 0 Å². The Balaban J connectivity index is 2.42. The third-order valence-electron chi connectivity index (χ3n) is 3.30. The van der Waals surface area contributed by atoms with E-state index >= 15 is 0 Å². The summed E-state index contributed by atoms with van der Waals surface area (Å²) in [5, 5.41) is 1.28. The molecule has 0 heterocycles. The average Bonchev–Trinajstić information content (AvgIpc) is 2.42. The normalized spacial score (nSPS) is 11.0. The van der Waals surface area contributed by atoms with Crippen LogP contribution in [0.5, 0.6) is 11.5 Å². The Labute approximate surface area is 138 Å². The van der Waals surface area contributed by atoms with Crippen LogP contribution in [0.2, 0.25) is 5.02 Å². The zero-order valence-corrected chi connectivity index (χ0v) is 14.6. The molecule has 1 nitrogen and oxygen atoms in total. The van der Waals surface area contributed by atoms with Crippen LogP contribution < -0.4 is 4.74 Å². The van der Waals surface area contributed by atoms with E-state index in [0.717, 1.165) is 27.5 Å². The average molecular weight is 372 g/mol. The van der Waals surface area contributed by atoms with E-state index in [1.807, 2.05) is 19.1 Å². The fourth-order valence-electron chi connectivity index (χ4n) is 2.09. The van der Waals surface area contributed by atoms with Crippen molar-refractivity contribution in [1.29, 1.82) is 0 Å². The molecule has 0 aliphatic carbocycles. The van der Waals surface area contributed by atoms with Gasteiger partial charge in [-0.1, -0.05) is 41.4 Å². The van der Waals surface area contributed by atoms with Crippen LogP contribution in [0.1, 0.15) is 36.5 Å². The molecular weight excluding hydrogens is 355 g/mol. The molecule has 0 spiro atoms. The van der Waals surface area contributed by atoms with Crippen molar-refractivity contribution in [2.45, 2.75) is 32.0 Å². The van der Waals surface area contributed by atoms with Crippen LogP contribution in [0.4, 0.5) is 4.39 Å². The van der Waals surface area contributed by atoms with E-state index in [1.54, 1.807) is 6.07 Å². The molecule has 2 aromatic rings. The first-order chi connectivity index (χ1) is 9.92. The molecule has 2 rings (SSSR count). The van der Waals surface area contributed by atoms with E-state index in [2.05, 4.69) is 29.8 Å². The second kappa shape index (κ2) is 6.80. The van der Waals surface area contributed by atoms with Crippen LogP contribution in [-0.4, -0.2) is 0 Å². The van der Waals surface area contributed by atoms with Crippen LogP contribution in [0.15, 0.2) is 30.3 Å². The summed E-state index contributed by atoms with van der Waals surface area (Å²) in [6, 6.07) is 8.39. The van der Waals surface area contributed by atoms with Crippen LogP contribution in [-0.2, 0) is 5.33 Å². The van der Waals surface area contributed by atoms with Crippen molar-refractivity contribution in [2.75, 3.05) is 0 Å². The van der Waals surface area contributed by atoms with E-state index in [9.17, 15) is 4.39 Å². The Bertz CT molecular complexity index is 655. The fourth-order valence-corrected chi connectivity index (χ4v) is 2.97. The SMILES string of the molecule is Cc1cc(Cl)c(C(C)C)cc1Oc1ccc(F)cc1CBr. The molecule has 0 bridgehead atoms. The summed E-state index contributed by atoms with van der Waals surface area (Å²) in [7, 11) is 0. The lowest BCUT2D eigenvalue weighted by atomic mass is 10.0. The number of benzene rings is 2. The van der Waals surface area contributed by atoms with Crippen molar-refractivity contribution in [3.05, 3.63) is 57.9 Å². The van der Waals surface area contributed by atoms with Crippen LogP contribution in [0, 0.1) is 12.7 Å². The summed E-state index contributed by atoms with van der Waals surface area (Å²) < 4.78 is 19.3. The zero-order chi connectivity index (χ0) is 15.6. The molecule has 0 amide bonds. The maximum Gasteiger partial charge on any atom is 0.131 e. The first-order valence-electron chi connectivity index (χ1n) is 6.74. The van der Waals surface area contributed by atoms with Crippen molar-refractivity contribution in [1.82, 2.24) is 0 Å². The second-order valence-corrected chi connectivity index (χ2v) is 6.25. The smallest absolute Gasteiger partial charge is 0.131 e. The summed E-state index contributed by atoms with van der Waals surface area (Å²) in [5.41, 5.74) is 2.77. The molecule has 0 fully saturated rings. The van der Waals surface area contributed by atoms with Crippen LogP contribution >= 0.6 is 27.5 Å². The molecule has 0 saturated heterocycles. The molecule has 4 heteroatoms. The van der Waals surface area contributed by atoms with Gasteiger partial charge in [0.05, 0.1) is 0 Å². The summed E-state index contributed by atoms with van der Waals surface area (Å²) in [4.78, 5) is 0. The van der Waals surface area contributed by atoms with Crippen molar-refractivity contribution < 1.29 is 9.13 Å². The Morgan fingerprint density at radius 2 is 1.90 bits per heavy atom. The summed E-state index contributed by atoms with van der Waals surface area (Å²) in [6.45, 7) is 6.12. The number of rotatable bonds is 4. The Kier molecular flexibility index (Phi) is 5.28. The molecule has 2 aromatic carbocycles. The third kappa shape index (κ3) is 3.78. The number of hydrogen-bond donors (Lipinski definition) is 0. The van der Waals surface area contributed by atoms with Gasteiger partial charge in [0.2, 0.25) is 0 Å². The van der Waals surface area contributed by atoms with Gasteiger partial charge in [-0.05, 0) is 54.3 Å². The minimum atomic E-state index is -0.271. The van der Waals surface area contributed by atoms with Gasteiger partial charge in [0.1, 0.15) is 17.3 Å². The van der Waals surface area contributed by atoms with Crippen molar-refractivity contribution >= 4 is 27.5 Å². The standard InChI is InChI=1S/C17H17BrClFO/c1-10(2)14-8-17(11(3)6-15(14)19)21-16-5-4-13(20)7-12(16)9-18/h4-8,10H,9H2,1-3H3. The van der Waals surface area contributed by atoms with Crippen LogP contribution in [0.25, 0.3) is 0 Å². The Morgan fingerprint density at radius 1 is 1.19 bits per heavy atom. The minimum absolute atomic E-state index is 0.271. The predicted molar refractivity (Wildman–Crippen MR) is 89.4 cm³/mol. The van der Waals surface area contributed by atoms with Gasteiger partial charge >= 0.3 is 0 Å². The van der Waals surface area contributed by atoms with Gasteiger partial charge in [-0.25, -0.2) is 4.39 Å². The Morgan fingerprint density at radius 3 is 2.52 bits per heavy atom. The quantitative estimate of drug-likeness (QED) is 0.550. The topological polar surface area (TPSA) is 9.23 Å². The maximum atomic E-state index is 13.3. The molecule has 0 unspecified atom stereocenters. The summed E-state index contributed by atoms with van der Waals surface area (Å²) in [6.07, 6.45) is 0. The number of halogens is 3. The lowest BCUT2D eigenvalue weighted by Crippen LogP contribution is -1.96. The molecule has 21 heavy (non-hydrogen) atoms. The maximum absolute atomic E-state index is 13.3. The number of hydrogen-bond acceptors (Lipinski definition) is 1. The highest BCUT2D eigenvalue weighted by molar-refractivity contribution is 9.08. The molecule has 112 valence electrons. The second-order valence-electron chi connectivity index (χ2n) is 5.28. The molecule has 0 saturated carbocycles. The molecule has 0 aliphatic heterocycles. The first-order valence-corrected chi connectivity index (χ1v) is 8.24. The largest absolute Gasteiger partial charge is 0.457 e. The number of ether oxygens (including phenoxy) is 1. The molecular formula is C17H17BrClFO. The van der Waals surface area contributed by atoms with E-state index < -0.39 is 0 Å². The van der Waals surface area contributed by atoms with Crippen molar-refractivity contribution in [2.24, 2.45) is 0 Å². The van der Waals surface area contributed by atoms with E-state index in [0.29, 0.717) is 17.0 Å². The van der Waals surface area contributed by atoms with Gasteiger partial charge in [-0.3, -0.25) is 0 Å². The van der Waals surface area contributed by atoms with E-state index in [1.165, 1.54) is 12.1 Å². The number of aryl methyl sites for hydroxylation is 1. The van der Waals surface area contributed by atoms with E-state index in [-0.39, 0.29) is 5.82 Å². The van der Waals surface area contributed by atoms with Gasteiger partial charge in [-0.2, -0.15) is 0 Å². The minimum Gasteiger partial charge on any atom is -0.457 e. The predicted octanol–water partition coefficient (Wildman–Crippen LogP) is 6.60. The van der Waals surface area contributed by atoms with E-state index in [4.69, 9.17) is 16.3 Å². The monoisotopic (exact) mass is 370 g/mol. The fraction of sp³-hybridized carbons (Fsp3) is 0.294. The van der Waals surface area contributed by atoms with Crippen LogP contribution in [0.3, 0.4) is 0 Å². The highest BCUT2D eigenvalue weighted by Crippen LogP contribution is 2.35. The molecule has 0 atom stereocenters. The van der Waals surface area contributed by atoms with Gasteiger partial charge in [0.25, 0.3) is 0 Å². The molecule has 0 aliphatic rings. The lowest BCUT2D eigenvalue weighted by Gasteiger charge is -2.16. The Hall–Kier alpha value is -1.06. The highest BCUT2D eigenvalue weighted by atomic mass is 79.9. The van der Waals surface area contributed by atoms with Gasteiger partial charge in [-0.15, -0.1) is 0 Å². The first kappa shape index (κ1) is 16.3. The summed E-state index contributed by atoms with van der Waals surface area (Å²) in [5.74, 6) is 1.43. The third-order valence-corrected chi connectivity index (χ3v) is 4.23. The zero-order valence-electron chi connectivity index (χ0n) is 12.2. The molecule has 0 aromatic heterocycles.